The third-order valence-electron chi connectivity index (χ3n) is 5.71. The van der Waals surface area contributed by atoms with Crippen LogP contribution in [0.1, 0.15) is 32.1 Å². The number of aromatic nitrogens is 2. The maximum Gasteiger partial charge on any atom is 0.222 e. The largest absolute Gasteiger partial charge is 0.396 e. The molecule has 0 spiro atoms. The molecular weight excluding hydrogens is 328 g/mol. The van der Waals surface area contributed by atoms with Crippen LogP contribution in [-0.4, -0.2) is 58.2 Å². The van der Waals surface area contributed by atoms with Gasteiger partial charge in [0.1, 0.15) is 5.82 Å². The number of benzene rings is 1. The second kappa shape index (κ2) is 7.58. The lowest BCUT2D eigenvalue weighted by Crippen LogP contribution is -2.56. The van der Waals surface area contributed by atoms with Crippen molar-refractivity contribution in [1.82, 2.24) is 14.9 Å². The number of aliphatic hydroxyl groups excluding tert-OH is 1. The topological polar surface area (TPSA) is 69.6 Å². The van der Waals surface area contributed by atoms with Gasteiger partial charge in [-0.05, 0) is 43.7 Å². The molecule has 1 amide bonds. The molecule has 1 N–H and O–H groups in total. The van der Waals surface area contributed by atoms with Crippen LogP contribution in [0.3, 0.4) is 0 Å². The predicted octanol–water partition coefficient (Wildman–Crippen LogP) is 2.22. The van der Waals surface area contributed by atoms with Gasteiger partial charge in [0.15, 0.2) is 0 Å². The Morgan fingerprint density at radius 2 is 2.00 bits per heavy atom. The van der Waals surface area contributed by atoms with Crippen molar-refractivity contribution in [2.45, 2.75) is 38.1 Å². The van der Waals surface area contributed by atoms with Crippen LogP contribution in [0.2, 0.25) is 0 Å². The molecule has 138 valence electrons. The molecule has 26 heavy (non-hydrogen) atoms. The maximum atomic E-state index is 12.4. The van der Waals surface area contributed by atoms with Crippen LogP contribution < -0.4 is 4.90 Å². The number of likely N-dealkylation sites (tertiary alicyclic amines) is 1. The van der Waals surface area contributed by atoms with Gasteiger partial charge in [-0.15, -0.1) is 0 Å². The van der Waals surface area contributed by atoms with Crippen molar-refractivity contribution in [3.05, 3.63) is 30.5 Å². The summed E-state index contributed by atoms with van der Waals surface area (Å²) in [5, 5.41) is 9.01. The second-order valence-electron chi connectivity index (χ2n) is 7.34. The summed E-state index contributed by atoms with van der Waals surface area (Å²) in [6.07, 6.45) is 6.08. The quantitative estimate of drug-likeness (QED) is 0.834. The van der Waals surface area contributed by atoms with Gasteiger partial charge in [-0.25, -0.2) is 4.98 Å². The number of para-hydroxylation sites is 2. The van der Waals surface area contributed by atoms with Crippen LogP contribution in [0.5, 0.6) is 0 Å². The number of hydrogen-bond donors (Lipinski definition) is 1. The number of hydrogen-bond acceptors (Lipinski definition) is 5. The molecule has 2 fully saturated rings. The average molecular weight is 354 g/mol. The van der Waals surface area contributed by atoms with Gasteiger partial charge < -0.3 is 14.9 Å². The van der Waals surface area contributed by atoms with E-state index in [1.54, 1.807) is 0 Å². The minimum Gasteiger partial charge on any atom is -0.396 e. The lowest BCUT2D eigenvalue weighted by atomic mass is 9.83. The molecule has 4 rings (SSSR count). The van der Waals surface area contributed by atoms with Crippen molar-refractivity contribution in [3.63, 3.8) is 0 Å². The summed E-state index contributed by atoms with van der Waals surface area (Å²) in [5.41, 5.74) is 1.85. The Hall–Kier alpha value is -2.21. The number of anilines is 1. The smallest absolute Gasteiger partial charge is 0.222 e. The van der Waals surface area contributed by atoms with E-state index in [2.05, 4.69) is 14.8 Å². The number of unbranched alkanes of at least 4 members (excludes halogenated alkanes) is 1. The highest BCUT2D eigenvalue weighted by Gasteiger charge is 2.39. The fraction of sp³-hybridized carbons (Fsp3) is 0.550. The molecule has 6 heteroatoms. The van der Waals surface area contributed by atoms with E-state index in [4.69, 9.17) is 10.1 Å². The molecule has 6 nitrogen and oxygen atoms in total. The highest BCUT2D eigenvalue weighted by Crippen LogP contribution is 2.33. The molecule has 0 saturated carbocycles. The first kappa shape index (κ1) is 17.2. The van der Waals surface area contributed by atoms with Gasteiger partial charge in [0, 0.05) is 38.7 Å². The average Bonchev–Trinajstić information content (AvgIpc) is 2.69. The Morgan fingerprint density at radius 3 is 2.85 bits per heavy atom. The summed E-state index contributed by atoms with van der Waals surface area (Å²) in [6.45, 7) is 2.81. The van der Waals surface area contributed by atoms with Gasteiger partial charge in [0.05, 0.1) is 17.2 Å². The van der Waals surface area contributed by atoms with Crippen LogP contribution in [-0.2, 0) is 4.79 Å². The zero-order chi connectivity index (χ0) is 17.9. The number of amides is 1. The summed E-state index contributed by atoms with van der Waals surface area (Å²) in [5.74, 6) is 1.71. The summed E-state index contributed by atoms with van der Waals surface area (Å²) >= 11 is 0. The van der Waals surface area contributed by atoms with Gasteiger partial charge >= 0.3 is 0 Å². The molecule has 2 aromatic rings. The highest BCUT2D eigenvalue weighted by atomic mass is 16.3. The molecule has 2 aliphatic rings. The fourth-order valence-electron chi connectivity index (χ4n) is 4.34. The van der Waals surface area contributed by atoms with Crippen LogP contribution in [0, 0.1) is 5.92 Å². The van der Waals surface area contributed by atoms with Gasteiger partial charge in [0.2, 0.25) is 5.91 Å². The van der Waals surface area contributed by atoms with E-state index < -0.39 is 0 Å². The minimum atomic E-state index is 0.199. The van der Waals surface area contributed by atoms with Crippen molar-refractivity contribution in [2.24, 2.45) is 5.92 Å². The minimum absolute atomic E-state index is 0.199. The van der Waals surface area contributed by atoms with E-state index in [-0.39, 0.29) is 12.5 Å². The summed E-state index contributed by atoms with van der Waals surface area (Å²) < 4.78 is 0. The number of carbonyl (C=O) groups is 1. The molecule has 3 heterocycles. The normalized spacial score (nSPS) is 23.3. The van der Waals surface area contributed by atoms with E-state index in [0.717, 1.165) is 62.2 Å². The van der Waals surface area contributed by atoms with Crippen LogP contribution in [0.4, 0.5) is 5.82 Å². The van der Waals surface area contributed by atoms with Gasteiger partial charge in [0.25, 0.3) is 0 Å². The standard InChI is InChI=1S/C20H26N4O2/c25-12-4-3-10-24-18-9-11-23(14-15(18)7-8-20(24)26)19-13-21-16-5-1-2-6-17(16)22-19/h1-2,5-6,13,15,18,25H,3-4,7-12,14H2/t15-,18+/m0/s1. The van der Waals surface area contributed by atoms with Crippen LogP contribution >= 0.6 is 0 Å². The van der Waals surface area contributed by atoms with Crippen molar-refractivity contribution in [3.8, 4) is 0 Å². The molecule has 2 atom stereocenters. The molecule has 0 unspecified atom stereocenters. The van der Waals surface area contributed by atoms with Gasteiger partial charge in [-0.1, -0.05) is 12.1 Å². The molecular formula is C20H26N4O2. The lowest BCUT2D eigenvalue weighted by molar-refractivity contribution is -0.139. The van der Waals surface area contributed by atoms with Gasteiger partial charge in [-0.3, -0.25) is 9.78 Å². The SMILES string of the molecule is O=C1CC[C@H]2CN(c3cnc4ccccc4n3)CC[C@H]2N1CCCCO. The molecule has 0 radical (unpaired) electrons. The second-order valence-corrected chi connectivity index (χ2v) is 7.34. The summed E-state index contributed by atoms with van der Waals surface area (Å²) in [4.78, 5) is 26.1. The first-order chi connectivity index (χ1) is 12.8. The molecule has 0 aliphatic carbocycles. The predicted molar refractivity (Wildman–Crippen MR) is 101 cm³/mol. The highest BCUT2D eigenvalue weighted by molar-refractivity contribution is 5.78. The number of piperidine rings is 2. The van der Waals surface area contributed by atoms with E-state index in [1.165, 1.54) is 0 Å². The number of rotatable bonds is 5. The van der Waals surface area contributed by atoms with E-state index in [1.807, 2.05) is 30.5 Å². The Labute approximate surface area is 153 Å². The van der Waals surface area contributed by atoms with Gasteiger partial charge in [-0.2, -0.15) is 0 Å². The molecule has 1 aromatic heterocycles. The van der Waals surface area contributed by atoms with Crippen LogP contribution in [0.25, 0.3) is 11.0 Å². The fourth-order valence-corrected chi connectivity index (χ4v) is 4.34. The third kappa shape index (κ3) is 3.38. The Morgan fingerprint density at radius 1 is 1.15 bits per heavy atom. The zero-order valence-corrected chi connectivity index (χ0v) is 15.0. The number of nitrogens with zero attached hydrogens (tertiary/aromatic N) is 4. The zero-order valence-electron chi connectivity index (χ0n) is 15.0. The first-order valence-corrected chi connectivity index (χ1v) is 9.63. The summed E-state index contributed by atoms with van der Waals surface area (Å²) in [6, 6.07) is 8.28. The van der Waals surface area contributed by atoms with E-state index >= 15 is 0 Å². The van der Waals surface area contributed by atoms with E-state index in [9.17, 15) is 4.79 Å². The number of carbonyl (C=O) groups excluding carboxylic acids is 1. The number of aliphatic hydroxyl groups is 1. The Kier molecular flexibility index (Phi) is 5.02. The van der Waals surface area contributed by atoms with Crippen molar-refractivity contribution in [2.75, 3.05) is 31.1 Å². The molecule has 1 aromatic carbocycles. The first-order valence-electron chi connectivity index (χ1n) is 9.63. The third-order valence-corrected chi connectivity index (χ3v) is 5.71. The maximum absolute atomic E-state index is 12.4. The Bertz CT molecular complexity index is 781. The van der Waals surface area contributed by atoms with E-state index in [0.29, 0.717) is 18.4 Å². The molecule has 0 bridgehead atoms. The van der Waals surface area contributed by atoms with Crippen molar-refractivity contribution in [1.29, 1.82) is 0 Å². The lowest BCUT2D eigenvalue weighted by Gasteiger charge is -2.47. The Balaban J connectivity index is 1.47. The van der Waals surface area contributed by atoms with Crippen LogP contribution in [0.15, 0.2) is 30.5 Å². The molecule has 2 aliphatic heterocycles. The summed E-state index contributed by atoms with van der Waals surface area (Å²) in [7, 11) is 0. The van der Waals surface area contributed by atoms with Crippen molar-refractivity contribution >= 4 is 22.8 Å². The monoisotopic (exact) mass is 354 g/mol. The van der Waals surface area contributed by atoms with Crippen molar-refractivity contribution < 1.29 is 9.90 Å². The number of fused-ring (bicyclic) bond motifs is 2. The molecule has 2 saturated heterocycles.